The molecule has 0 unspecified atom stereocenters. The SMILES string of the molecule is CC1(C)Oc2ncnc(N)c2N=C1c1ccc(C2CCC(C(=O)N3C[C@@H](O)[C@@H](O)C3)CC2)cc1. The van der Waals surface area contributed by atoms with Gasteiger partial charge in [-0.25, -0.2) is 9.98 Å². The van der Waals surface area contributed by atoms with Gasteiger partial charge in [-0.15, -0.1) is 0 Å². The number of hydrogen-bond donors (Lipinski definition) is 3. The molecule has 1 saturated carbocycles. The summed E-state index contributed by atoms with van der Waals surface area (Å²) >= 11 is 0. The highest BCUT2D eigenvalue weighted by atomic mass is 16.5. The lowest BCUT2D eigenvalue weighted by molar-refractivity contribution is -0.136. The fourth-order valence-corrected chi connectivity index (χ4v) is 5.30. The molecule has 0 bridgehead atoms. The van der Waals surface area contributed by atoms with Crippen LogP contribution in [-0.2, 0) is 4.79 Å². The van der Waals surface area contributed by atoms with Gasteiger partial charge in [0.2, 0.25) is 11.8 Å². The first-order chi connectivity index (χ1) is 16.2. The van der Waals surface area contributed by atoms with Gasteiger partial charge in [0.1, 0.15) is 11.9 Å². The number of aliphatic hydroxyl groups is 2. The number of aromatic nitrogens is 2. The Bertz CT molecular complexity index is 1100. The second-order valence-electron chi connectivity index (χ2n) is 10.0. The molecule has 3 heterocycles. The molecular formula is C25H31N5O4. The van der Waals surface area contributed by atoms with Gasteiger partial charge in [-0.2, -0.15) is 4.98 Å². The van der Waals surface area contributed by atoms with Crippen molar-refractivity contribution in [2.24, 2.45) is 10.9 Å². The predicted molar refractivity (Wildman–Crippen MR) is 127 cm³/mol. The maximum atomic E-state index is 12.8. The highest BCUT2D eigenvalue weighted by molar-refractivity contribution is 6.09. The highest BCUT2D eigenvalue weighted by Gasteiger charge is 2.38. The van der Waals surface area contributed by atoms with Gasteiger partial charge in [0.25, 0.3) is 0 Å². The Hall–Kier alpha value is -3.04. The van der Waals surface area contributed by atoms with Gasteiger partial charge in [-0.1, -0.05) is 24.3 Å². The zero-order chi connectivity index (χ0) is 24.0. The number of carbonyl (C=O) groups is 1. The van der Waals surface area contributed by atoms with Gasteiger partial charge in [0.05, 0.1) is 17.9 Å². The van der Waals surface area contributed by atoms with Gasteiger partial charge in [-0.05, 0) is 51.0 Å². The summed E-state index contributed by atoms with van der Waals surface area (Å²) in [6, 6.07) is 8.39. The van der Waals surface area contributed by atoms with Gasteiger partial charge in [-0.3, -0.25) is 4.79 Å². The fourth-order valence-electron chi connectivity index (χ4n) is 5.30. The molecule has 34 heavy (non-hydrogen) atoms. The number of rotatable bonds is 3. The largest absolute Gasteiger partial charge is 0.463 e. The van der Waals surface area contributed by atoms with Crippen LogP contribution >= 0.6 is 0 Å². The Balaban J connectivity index is 1.26. The zero-order valence-electron chi connectivity index (χ0n) is 19.5. The van der Waals surface area contributed by atoms with Crippen LogP contribution in [0.25, 0.3) is 0 Å². The Morgan fingerprint density at radius 3 is 2.35 bits per heavy atom. The topological polar surface area (TPSA) is 134 Å². The molecule has 180 valence electrons. The minimum absolute atomic E-state index is 0.0321. The maximum Gasteiger partial charge on any atom is 0.246 e. The molecule has 1 aliphatic carbocycles. The summed E-state index contributed by atoms with van der Waals surface area (Å²) < 4.78 is 6.07. The van der Waals surface area contributed by atoms with E-state index in [9.17, 15) is 15.0 Å². The number of aliphatic hydroxyl groups excluding tert-OH is 2. The average Bonchev–Trinajstić information content (AvgIpc) is 3.16. The van der Waals surface area contributed by atoms with E-state index in [0.29, 0.717) is 23.3 Å². The minimum Gasteiger partial charge on any atom is -0.463 e. The zero-order valence-corrected chi connectivity index (χ0v) is 19.5. The van der Waals surface area contributed by atoms with E-state index >= 15 is 0 Å². The van der Waals surface area contributed by atoms with E-state index in [0.717, 1.165) is 37.0 Å². The van der Waals surface area contributed by atoms with Gasteiger partial charge < -0.3 is 25.6 Å². The number of aliphatic imine (C=N–C) groups is 1. The molecule has 5 rings (SSSR count). The van der Waals surface area contributed by atoms with E-state index in [4.69, 9.17) is 15.5 Å². The number of carbonyl (C=O) groups excluding carboxylic acids is 1. The molecule has 9 heteroatoms. The van der Waals surface area contributed by atoms with Crippen molar-refractivity contribution in [1.82, 2.24) is 14.9 Å². The molecule has 2 aliphatic heterocycles. The number of nitrogen functional groups attached to an aromatic ring is 1. The molecule has 0 spiro atoms. The highest BCUT2D eigenvalue weighted by Crippen LogP contribution is 2.40. The number of amides is 1. The van der Waals surface area contributed by atoms with E-state index < -0.39 is 17.8 Å². The van der Waals surface area contributed by atoms with Gasteiger partial charge >= 0.3 is 0 Å². The first kappa shape index (κ1) is 22.7. The molecule has 3 aliphatic rings. The van der Waals surface area contributed by atoms with E-state index in [2.05, 4.69) is 34.2 Å². The second-order valence-corrected chi connectivity index (χ2v) is 10.0. The standard InChI is InChI=1S/C25H31N5O4/c1-25(2)21(29-20-22(26)27-13-28-23(20)34-25)16-7-3-14(4-8-16)15-5-9-17(10-6-15)24(33)30-11-18(31)19(32)12-30/h3-4,7-8,13,15,17-19,31-32H,5-6,9-12H2,1-2H3,(H2,26,27,28)/t15?,17?,18-,19+. The van der Waals surface area contributed by atoms with Crippen molar-refractivity contribution in [3.63, 3.8) is 0 Å². The summed E-state index contributed by atoms with van der Waals surface area (Å²) in [4.78, 5) is 27.3. The van der Waals surface area contributed by atoms with Crippen LogP contribution in [0.4, 0.5) is 11.5 Å². The molecule has 1 saturated heterocycles. The van der Waals surface area contributed by atoms with Crippen LogP contribution in [0.2, 0.25) is 0 Å². The molecule has 2 atom stereocenters. The van der Waals surface area contributed by atoms with Crippen molar-refractivity contribution >= 4 is 23.1 Å². The molecule has 1 amide bonds. The second kappa shape index (κ2) is 8.63. The van der Waals surface area contributed by atoms with Crippen LogP contribution in [0, 0.1) is 5.92 Å². The van der Waals surface area contributed by atoms with Crippen LogP contribution in [0.3, 0.4) is 0 Å². The maximum absolute atomic E-state index is 12.8. The van der Waals surface area contributed by atoms with E-state index in [1.165, 1.54) is 11.9 Å². The van der Waals surface area contributed by atoms with Crippen molar-refractivity contribution in [3.05, 3.63) is 41.7 Å². The fraction of sp³-hybridized carbons (Fsp3) is 0.520. The number of benzene rings is 1. The number of fused-ring (bicyclic) bond motifs is 1. The van der Waals surface area contributed by atoms with Crippen molar-refractivity contribution < 1.29 is 19.7 Å². The number of hydrogen-bond acceptors (Lipinski definition) is 8. The molecule has 9 nitrogen and oxygen atoms in total. The van der Waals surface area contributed by atoms with Crippen molar-refractivity contribution in [2.45, 2.75) is 63.3 Å². The number of anilines is 1. The Labute approximate surface area is 198 Å². The summed E-state index contributed by atoms with van der Waals surface area (Å²) in [5.41, 5.74) is 8.77. The molecule has 1 aromatic carbocycles. The van der Waals surface area contributed by atoms with Crippen LogP contribution < -0.4 is 10.5 Å². The first-order valence-electron chi connectivity index (χ1n) is 11.9. The van der Waals surface area contributed by atoms with E-state index in [1.54, 1.807) is 4.90 Å². The minimum atomic E-state index is -0.833. The summed E-state index contributed by atoms with van der Waals surface area (Å²) in [5, 5.41) is 19.5. The van der Waals surface area contributed by atoms with Gasteiger partial charge in [0, 0.05) is 24.6 Å². The van der Waals surface area contributed by atoms with Crippen molar-refractivity contribution in [3.8, 4) is 5.88 Å². The molecular weight excluding hydrogens is 434 g/mol. The van der Waals surface area contributed by atoms with E-state index in [1.807, 2.05) is 13.8 Å². The molecule has 2 fully saturated rings. The number of β-amino-alcohol motifs (C(OH)–C–C–N with tert-alkyl or cyclic N) is 2. The summed E-state index contributed by atoms with van der Waals surface area (Å²) in [6.07, 6.45) is 3.21. The first-order valence-corrected chi connectivity index (χ1v) is 11.9. The lowest BCUT2D eigenvalue weighted by Crippen LogP contribution is -2.41. The molecule has 1 aromatic heterocycles. The third-order valence-corrected chi connectivity index (χ3v) is 7.27. The lowest BCUT2D eigenvalue weighted by Gasteiger charge is -2.32. The molecule has 2 aromatic rings. The normalized spacial score (nSPS) is 28.1. The quantitative estimate of drug-likeness (QED) is 0.632. The molecule has 4 N–H and O–H groups in total. The van der Waals surface area contributed by atoms with Crippen LogP contribution in [0.1, 0.15) is 56.6 Å². The lowest BCUT2D eigenvalue weighted by atomic mass is 9.78. The summed E-state index contributed by atoms with van der Waals surface area (Å²) in [6.45, 7) is 4.37. The Kier molecular flexibility index (Phi) is 5.77. The Morgan fingerprint density at radius 2 is 1.71 bits per heavy atom. The number of nitrogens with two attached hydrogens (primary N) is 1. The van der Waals surface area contributed by atoms with Crippen molar-refractivity contribution in [1.29, 1.82) is 0 Å². The van der Waals surface area contributed by atoms with Crippen molar-refractivity contribution in [2.75, 3.05) is 18.8 Å². The third kappa shape index (κ3) is 4.14. The third-order valence-electron chi connectivity index (χ3n) is 7.27. The van der Waals surface area contributed by atoms with Gasteiger partial charge in [0.15, 0.2) is 11.5 Å². The molecule has 0 radical (unpaired) electrons. The summed E-state index contributed by atoms with van der Waals surface area (Å²) in [5.74, 6) is 1.11. The summed E-state index contributed by atoms with van der Waals surface area (Å²) in [7, 11) is 0. The number of ether oxygens (including phenoxy) is 1. The smallest absolute Gasteiger partial charge is 0.246 e. The average molecular weight is 466 g/mol. The van der Waals surface area contributed by atoms with Crippen LogP contribution in [-0.4, -0.2) is 67.6 Å². The number of likely N-dealkylation sites (tertiary alicyclic amines) is 1. The predicted octanol–water partition coefficient (Wildman–Crippen LogP) is 2.19. The number of nitrogens with zero attached hydrogens (tertiary/aromatic N) is 4. The van der Waals surface area contributed by atoms with Crippen LogP contribution in [0.5, 0.6) is 5.88 Å². The monoisotopic (exact) mass is 465 g/mol. The van der Waals surface area contributed by atoms with E-state index in [-0.39, 0.29) is 24.9 Å². The van der Waals surface area contributed by atoms with Crippen LogP contribution in [0.15, 0.2) is 35.6 Å². The Morgan fingerprint density at radius 1 is 1.06 bits per heavy atom.